The van der Waals surface area contributed by atoms with Crippen molar-refractivity contribution < 1.29 is 0 Å². The van der Waals surface area contributed by atoms with Gasteiger partial charge in [0.1, 0.15) is 0 Å². The lowest BCUT2D eigenvalue weighted by molar-refractivity contribution is 0.330. The van der Waals surface area contributed by atoms with E-state index in [1.807, 2.05) is 0 Å². The van der Waals surface area contributed by atoms with E-state index in [4.69, 9.17) is 0 Å². The highest BCUT2D eigenvalue weighted by molar-refractivity contribution is 7.00. The Kier molecular flexibility index (Phi) is 10.8. The lowest BCUT2D eigenvalue weighted by Crippen LogP contribution is -2.62. The monoisotopic (exact) mass is 988 g/mol. The molecular formula is C71H82BN3. The van der Waals surface area contributed by atoms with Crippen molar-refractivity contribution in [2.75, 3.05) is 14.7 Å². The first-order valence-electron chi connectivity index (χ1n) is 28.4. The Morgan fingerprint density at radius 2 is 0.893 bits per heavy atom. The number of rotatable bonds is 5. The summed E-state index contributed by atoms with van der Waals surface area (Å²) in [6.45, 7) is 41.9. The maximum Gasteiger partial charge on any atom is 0.252 e. The Balaban J connectivity index is 1.23. The van der Waals surface area contributed by atoms with E-state index in [0.717, 1.165) is 29.9 Å². The van der Waals surface area contributed by atoms with Gasteiger partial charge < -0.3 is 14.7 Å². The largest absolute Gasteiger partial charge is 0.311 e. The van der Waals surface area contributed by atoms with Crippen LogP contribution in [0.25, 0.3) is 0 Å². The molecule has 7 aromatic carbocycles. The van der Waals surface area contributed by atoms with Gasteiger partial charge in [0.25, 0.3) is 6.71 Å². The van der Waals surface area contributed by atoms with Gasteiger partial charge in [-0.25, -0.2) is 0 Å². The number of para-hydroxylation sites is 2. The first-order chi connectivity index (χ1) is 35.1. The van der Waals surface area contributed by atoms with Crippen LogP contribution in [-0.4, -0.2) is 6.71 Å². The van der Waals surface area contributed by atoms with E-state index in [2.05, 4.69) is 260 Å². The van der Waals surface area contributed by atoms with Crippen LogP contribution in [0.3, 0.4) is 0 Å². The van der Waals surface area contributed by atoms with Crippen molar-refractivity contribution in [3.63, 3.8) is 0 Å². The lowest BCUT2D eigenvalue weighted by Gasteiger charge is -2.49. The molecule has 5 aliphatic rings. The predicted octanol–water partition coefficient (Wildman–Crippen LogP) is 17.8. The van der Waals surface area contributed by atoms with Gasteiger partial charge in [-0.1, -0.05) is 165 Å². The van der Waals surface area contributed by atoms with Gasteiger partial charge in [-0.3, -0.25) is 0 Å². The second-order valence-electron chi connectivity index (χ2n) is 28.8. The number of anilines is 9. The molecule has 12 rings (SSSR count). The van der Waals surface area contributed by atoms with Crippen LogP contribution in [0.5, 0.6) is 0 Å². The van der Waals surface area contributed by atoms with Gasteiger partial charge in [0, 0.05) is 51.2 Å². The summed E-state index contributed by atoms with van der Waals surface area (Å²) < 4.78 is 0. The van der Waals surface area contributed by atoms with E-state index in [1.165, 1.54) is 120 Å². The molecule has 3 aliphatic carbocycles. The number of hydrogen-bond donors (Lipinski definition) is 0. The van der Waals surface area contributed by atoms with Crippen LogP contribution in [0.15, 0.2) is 127 Å². The standard InChI is InChI=1S/C71H82BN3/c1-44-36-51-54(71(16,17)43-70(51,14)15)41-58(44)75-60-42-53-52(67(8,9)32-33-68(53,10)11)40-56(60)72-55-30-28-49(73(47-24-20-18-21-25-47)48-26-22-19-23-27-48)39-59(55)74(61-37-46(65(3,4)5)38-62(75)64(61)72)57-31-29-50-63(45(57)2)69(12,13)35-34-66(50,6)7/h18-31,36-42H,32-35,43H2,1-17H3. The maximum atomic E-state index is 2.77. The fourth-order valence-corrected chi connectivity index (χ4v) is 15.3. The van der Waals surface area contributed by atoms with E-state index in [0.29, 0.717) is 0 Å². The van der Waals surface area contributed by atoms with E-state index < -0.39 is 0 Å². The zero-order chi connectivity index (χ0) is 53.3. The molecule has 0 amide bonds. The number of aryl methyl sites for hydroxylation is 1. The summed E-state index contributed by atoms with van der Waals surface area (Å²) in [4.78, 5) is 7.96. The van der Waals surface area contributed by atoms with Crippen molar-refractivity contribution in [1.29, 1.82) is 0 Å². The molecule has 75 heavy (non-hydrogen) atoms. The van der Waals surface area contributed by atoms with Crippen molar-refractivity contribution in [1.82, 2.24) is 0 Å². The van der Waals surface area contributed by atoms with Crippen LogP contribution in [-0.2, 0) is 37.9 Å². The number of hydrogen-bond acceptors (Lipinski definition) is 3. The van der Waals surface area contributed by atoms with E-state index in [9.17, 15) is 0 Å². The second kappa shape index (κ2) is 16.3. The van der Waals surface area contributed by atoms with Crippen molar-refractivity contribution in [3.05, 3.63) is 177 Å². The summed E-state index contributed by atoms with van der Waals surface area (Å²) in [5.41, 5.74) is 28.7. The molecule has 0 saturated heterocycles. The maximum absolute atomic E-state index is 2.77. The molecule has 0 N–H and O–H groups in total. The van der Waals surface area contributed by atoms with Gasteiger partial charge in [-0.05, 0) is 217 Å². The molecule has 384 valence electrons. The fourth-order valence-electron chi connectivity index (χ4n) is 15.3. The normalized spacial score (nSPS) is 19.6. The Morgan fingerprint density at radius 3 is 1.47 bits per heavy atom. The van der Waals surface area contributed by atoms with Crippen molar-refractivity contribution in [2.24, 2.45) is 0 Å². The Labute approximate surface area is 451 Å². The first kappa shape index (κ1) is 49.9. The van der Waals surface area contributed by atoms with Crippen LogP contribution >= 0.6 is 0 Å². The molecule has 2 heterocycles. The molecule has 0 unspecified atom stereocenters. The molecule has 2 aliphatic heterocycles. The zero-order valence-corrected chi connectivity index (χ0v) is 48.6. The van der Waals surface area contributed by atoms with Gasteiger partial charge in [0.15, 0.2) is 0 Å². The first-order valence-corrected chi connectivity index (χ1v) is 28.4. The van der Waals surface area contributed by atoms with Crippen LogP contribution in [0.4, 0.5) is 51.2 Å². The highest BCUT2D eigenvalue weighted by atomic mass is 15.2. The van der Waals surface area contributed by atoms with E-state index in [1.54, 1.807) is 0 Å². The average molecular weight is 988 g/mol. The van der Waals surface area contributed by atoms with E-state index >= 15 is 0 Å². The van der Waals surface area contributed by atoms with Gasteiger partial charge in [0.05, 0.1) is 0 Å². The Hall–Kier alpha value is -6.00. The summed E-state index contributed by atoms with van der Waals surface area (Å²) >= 11 is 0. The summed E-state index contributed by atoms with van der Waals surface area (Å²) in [7, 11) is 0. The van der Waals surface area contributed by atoms with Gasteiger partial charge in [0.2, 0.25) is 0 Å². The van der Waals surface area contributed by atoms with Crippen molar-refractivity contribution in [2.45, 2.75) is 188 Å². The third-order valence-electron chi connectivity index (χ3n) is 19.6. The highest BCUT2D eigenvalue weighted by Gasteiger charge is 2.49. The fraction of sp³-hybridized carbons (Fsp3) is 0.408. The Morgan fingerprint density at radius 1 is 0.413 bits per heavy atom. The van der Waals surface area contributed by atoms with Gasteiger partial charge >= 0.3 is 0 Å². The van der Waals surface area contributed by atoms with Crippen LogP contribution in [0.2, 0.25) is 0 Å². The molecule has 0 aromatic heterocycles. The average Bonchev–Trinajstić information content (AvgIpc) is 3.56. The molecule has 0 fully saturated rings. The van der Waals surface area contributed by atoms with Gasteiger partial charge in [-0.2, -0.15) is 0 Å². The highest BCUT2D eigenvalue weighted by Crippen LogP contribution is 2.57. The van der Waals surface area contributed by atoms with Crippen LogP contribution in [0.1, 0.15) is 186 Å². The predicted molar refractivity (Wildman–Crippen MR) is 325 cm³/mol. The summed E-state index contributed by atoms with van der Waals surface area (Å²) in [6, 6.07) is 50.2. The third-order valence-corrected chi connectivity index (χ3v) is 19.6. The SMILES string of the molecule is Cc1cc2c(cc1N1c3cc4c(cc3B3c5ccc(N(c6ccccc6)c6ccccc6)cc5N(c5ccc6c(c5C)C(C)(C)CCC6(C)C)c5cc(C(C)(C)C)cc1c53)C(C)(C)CCC4(C)C)C(C)(C)CC2(C)C. The molecule has 0 atom stereocenters. The molecule has 0 bridgehead atoms. The lowest BCUT2D eigenvalue weighted by atomic mass is 9.33. The number of fused-ring (bicyclic) bond motifs is 7. The number of benzene rings is 7. The minimum atomic E-state index is -0.143. The third kappa shape index (κ3) is 7.56. The molecule has 0 radical (unpaired) electrons. The van der Waals surface area contributed by atoms with Crippen LogP contribution < -0.4 is 31.1 Å². The molecule has 0 saturated carbocycles. The van der Waals surface area contributed by atoms with Crippen LogP contribution in [0, 0.1) is 13.8 Å². The smallest absolute Gasteiger partial charge is 0.252 e. The van der Waals surface area contributed by atoms with Crippen molar-refractivity contribution in [3.8, 4) is 0 Å². The number of nitrogens with zero attached hydrogens (tertiary/aromatic N) is 3. The topological polar surface area (TPSA) is 9.72 Å². The quantitative estimate of drug-likeness (QED) is 0.159. The molecule has 4 heteroatoms. The van der Waals surface area contributed by atoms with Gasteiger partial charge in [-0.15, -0.1) is 0 Å². The zero-order valence-electron chi connectivity index (χ0n) is 48.6. The Bertz CT molecular complexity index is 3450. The minimum absolute atomic E-state index is 0.0120. The summed E-state index contributed by atoms with van der Waals surface area (Å²) in [6.07, 6.45) is 5.81. The van der Waals surface area contributed by atoms with Crippen molar-refractivity contribution >= 4 is 74.3 Å². The summed E-state index contributed by atoms with van der Waals surface area (Å²) in [5.74, 6) is 0. The second-order valence-corrected chi connectivity index (χ2v) is 28.8. The molecule has 7 aromatic rings. The van der Waals surface area contributed by atoms with E-state index in [-0.39, 0.29) is 44.6 Å². The summed E-state index contributed by atoms with van der Waals surface area (Å²) in [5, 5.41) is 0. The minimum Gasteiger partial charge on any atom is -0.311 e. The molecular weight excluding hydrogens is 906 g/mol. The molecule has 0 spiro atoms. The molecule has 3 nitrogen and oxygen atoms in total.